The summed E-state index contributed by atoms with van der Waals surface area (Å²) in [6.07, 6.45) is 1.48. The molecular formula is C14H12ClFN2O3. The van der Waals surface area contributed by atoms with Crippen LogP contribution in [0.25, 0.3) is 0 Å². The molecule has 1 atom stereocenters. The van der Waals surface area contributed by atoms with Crippen LogP contribution in [0, 0.1) is 5.82 Å². The summed E-state index contributed by atoms with van der Waals surface area (Å²) in [6.45, 7) is 1.31. The van der Waals surface area contributed by atoms with E-state index in [0.29, 0.717) is 0 Å². The third kappa shape index (κ3) is 3.82. The zero-order valence-electron chi connectivity index (χ0n) is 11.0. The van der Waals surface area contributed by atoms with Gasteiger partial charge in [-0.15, -0.1) is 0 Å². The van der Waals surface area contributed by atoms with E-state index < -0.39 is 17.5 Å². The van der Waals surface area contributed by atoms with E-state index in [2.05, 4.69) is 4.98 Å². The first kappa shape index (κ1) is 15.1. The van der Waals surface area contributed by atoms with Gasteiger partial charge in [0.1, 0.15) is 11.6 Å². The van der Waals surface area contributed by atoms with Crippen LogP contribution in [0.2, 0.25) is 5.02 Å². The monoisotopic (exact) mass is 310 g/mol. The molecule has 0 aliphatic heterocycles. The molecule has 0 aliphatic rings. The largest absolute Gasteiger partial charge is 0.444 e. The number of hydrogen-bond acceptors (Lipinski definition) is 4. The number of nitrogens with two attached hydrogens (primary N) is 1. The fourth-order valence-electron chi connectivity index (χ4n) is 1.54. The first-order chi connectivity index (χ1) is 9.89. The molecule has 110 valence electrons. The van der Waals surface area contributed by atoms with Crippen molar-refractivity contribution in [3.05, 3.63) is 53.4 Å². The van der Waals surface area contributed by atoms with E-state index in [1.807, 2.05) is 0 Å². The summed E-state index contributed by atoms with van der Waals surface area (Å²) < 4.78 is 24.0. The van der Waals surface area contributed by atoms with Crippen molar-refractivity contribution in [1.82, 2.24) is 4.98 Å². The van der Waals surface area contributed by atoms with E-state index in [1.54, 1.807) is 12.1 Å². The quantitative estimate of drug-likeness (QED) is 0.861. The molecule has 1 aromatic carbocycles. The number of ether oxygens (including phenoxy) is 2. The third-order valence-corrected chi connectivity index (χ3v) is 2.75. The van der Waals surface area contributed by atoms with E-state index in [-0.39, 0.29) is 16.7 Å². The minimum Gasteiger partial charge on any atom is -0.444 e. The Labute approximate surface area is 125 Å². The summed E-state index contributed by atoms with van der Waals surface area (Å²) >= 11 is 5.73. The van der Waals surface area contributed by atoms with E-state index in [0.717, 1.165) is 12.1 Å². The average Bonchev–Trinajstić information content (AvgIpc) is 2.38. The smallest absolute Gasteiger partial charge is 0.329 e. The lowest BCUT2D eigenvalue weighted by Gasteiger charge is -2.27. The van der Waals surface area contributed by atoms with E-state index in [1.165, 1.54) is 25.3 Å². The lowest BCUT2D eigenvalue weighted by atomic mass is 10.3. The number of carbonyl (C=O) groups excluding carboxylic acids is 1. The van der Waals surface area contributed by atoms with Crippen molar-refractivity contribution in [3.8, 4) is 11.6 Å². The fourth-order valence-corrected chi connectivity index (χ4v) is 1.75. The highest BCUT2D eigenvalue weighted by molar-refractivity contribution is 6.30. The molecule has 0 spiro atoms. The maximum atomic E-state index is 13.3. The maximum Gasteiger partial charge on any atom is 0.329 e. The van der Waals surface area contributed by atoms with Gasteiger partial charge >= 0.3 is 11.7 Å². The molecule has 0 saturated carbocycles. The first-order valence-electron chi connectivity index (χ1n) is 5.94. The number of rotatable bonds is 5. The average molecular weight is 311 g/mol. The number of amides is 1. The fraction of sp³-hybridized carbons (Fsp3) is 0.143. The van der Waals surface area contributed by atoms with Crippen molar-refractivity contribution in [2.24, 2.45) is 5.73 Å². The number of carbonyl (C=O) groups is 1. The Kier molecular flexibility index (Phi) is 4.28. The SMILES string of the molecule is CC(Oc1cc(F)cc(Cl)c1)(Oc1ccccn1)C(N)=O. The topological polar surface area (TPSA) is 74.4 Å². The van der Waals surface area contributed by atoms with Gasteiger partial charge < -0.3 is 15.2 Å². The van der Waals surface area contributed by atoms with Gasteiger partial charge in [-0.1, -0.05) is 17.7 Å². The minimum absolute atomic E-state index is 0.0113. The zero-order chi connectivity index (χ0) is 15.5. The molecule has 21 heavy (non-hydrogen) atoms. The van der Waals surface area contributed by atoms with Gasteiger partial charge in [0, 0.05) is 30.3 Å². The number of hydrogen-bond donors (Lipinski definition) is 1. The van der Waals surface area contributed by atoms with Gasteiger partial charge in [0.05, 0.1) is 0 Å². The molecule has 0 fully saturated rings. The van der Waals surface area contributed by atoms with Crippen LogP contribution < -0.4 is 15.2 Å². The normalized spacial score (nSPS) is 13.3. The molecule has 5 nitrogen and oxygen atoms in total. The van der Waals surface area contributed by atoms with Crippen LogP contribution in [0.15, 0.2) is 42.6 Å². The van der Waals surface area contributed by atoms with E-state index in [9.17, 15) is 9.18 Å². The van der Waals surface area contributed by atoms with Crippen LogP contribution in [0.3, 0.4) is 0 Å². The molecule has 2 rings (SSSR count). The molecule has 0 aliphatic carbocycles. The Balaban J connectivity index is 2.27. The van der Waals surface area contributed by atoms with Gasteiger partial charge in [0.2, 0.25) is 5.88 Å². The van der Waals surface area contributed by atoms with Crippen molar-refractivity contribution in [3.63, 3.8) is 0 Å². The zero-order valence-corrected chi connectivity index (χ0v) is 11.8. The van der Waals surface area contributed by atoms with Crippen LogP contribution in [0.1, 0.15) is 6.92 Å². The molecule has 2 aromatic rings. The number of pyridine rings is 1. The standard InChI is InChI=1S/C14H12ClFN2O3/c1-14(13(17)19,21-12-4-2-3-5-18-12)20-11-7-9(15)6-10(16)8-11/h2-8H,1H3,(H2,17,19). The Morgan fingerprint density at radius 2 is 2.10 bits per heavy atom. The Bertz CT molecular complexity index is 634. The summed E-state index contributed by atoms with van der Waals surface area (Å²) in [4.78, 5) is 15.5. The second-order valence-corrected chi connectivity index (χ2v) is 4.72. The summed E-state index contributed by atoms with van der Waals surface area (Å²) in [5.74, 6) is -3.21. The Hall–Kier alpha value is -2.34. The summed E-state index contributed by atoms with van der Waals surface area (Å²) in [6, 6.07) is 8.39. The van der Waals surface area contributed by atoms with Crippen molar-refractivity contribution < 1.29 is 18.7 Å². The maximum absolute atomic E-state index is 13.3. The molecule has 7 heteroatoms. The Morgan fingerprint density at radius 1 is 1.33 bits per heavy atom. The van der Waals surface area contributed by atoms with Crippen LogP contribution in [0.5, 0.6) is 11.6 Å². The highest BCUT2D eigenvalue weighted by Crippen LogP contribution is 2.25. The summed E-state index contributed by atoms with van der Waals surface area (Å²) in [5.41, 5.74) is 5.30. The number of aromatic nitrogens is 1. The minimum atomic E-state index is -1.86. The van der Waals surface area contributed by atoms with Crippen LogP contribution >= 0.6 is 11.6 Å². The van der Waals surface area contributed by atoms with Gasteiger partial charge in [-0.3, -0.25) is 4.79 Å². The highest BCUT2D eigenvalue weighted by Gasteiger charge is 2.37. The van der Waals surface area contributed by atoms with Crippen molar-refractivity contribution in [2.45, 2.75) is 12.7 Å². The number of primary amides is 1. The lowest BCUT2D eigenvalue weighted by molar-refractivity contribution is -0.158. The summed E-state index contributed by atoms with van der Waals surface area (Å²) in [5, 5.41) is 0.120. The van der Waals surface area contributed by atoms with Crippen LogP contribution in [-0.4, -0.2) is 16.7 Å². The molecule has 1 heterocycles. The van der Waals surface area contributed by atoms with Crippen LogP contribution in [0.4, 0.5) is 4.39 Å². The molecule has 0 bridgehead atoms. The predicted octanol–water partition coefficient (Wildman–Crippen LogP) is 2.53. The van der Waals surface area contributed by atoms with E-state index >= 15 is 0 Å². The number of benzene rings is 1. The lowest BCUT2D eigenvalue weighted by Crippen LogP contribution is -2.51. The molecular weight excluding hydrogens is 299 g/mol. The van der Waals surface area contributed by atoms with Gasteiger partial charge in [-0.2, -0.15) is 0 Å². The van der Waals surface area contributed by atoms with Gasteiger partial charge in [0.15, 0.2) is 0 Å². The molecule has 0 saturated heterocycles. The summed E-state index contributed by atoms with van der Waals surface area (Å²) in [7, 11) is 0. The number of halogens is 2. The Morgan fingerprint density at radius 3 is 2.67 bits per heavy atom. The third-order valence-electron chi connectivity index (χ3n) is 2.53. The second-order valence-electron chi connectivity index (χ2n) is 4.29. The molecule has 2 N–H and O–H groups in total. The predicted molar refractivity (Wildman–Crippen MR) is 74.5 cm³/mol. The number of nitrogens with zero attached hydrogens (tertiary/aromatic N) is 1. The molecule has 1 amide bonds. The molecule has 0 radical (unpaired) electrons. The van der Waals surface area contributed by atoms with E-state index in [4.69, 9.17) is 26.8 Å². The van der Waals surface area contributed by atoms with Gasteiger partial charge in [-0.05, 0) is 18.2 Å². The van der Waals surface area contributed by atoms with Crippen molar-refractivity contribution in [1.29, 1.82) is 0 Å². The van der Waals surface area contributed by atoms with Crippen LogP contribution in [-0.2, 0) is 4.79 Å². The highest BCUT2D eigenvalue weighted by atomic mass is 35.5. The van der Waals surface area contributed by atoms with Gasteiger partial charge in [0.25, 0.3) is 0 Å². The first-order valence-corrected chi connectivity index (χ1v) is 6.32. The molecule has 1 aromatic heterocycles. The van der Waals surface area contributed by atoms with Crippen molar-refractivity contribution >= 4 is 17.5 Å². The van der Waals surface area contributed by atoms with Gasteiger partial charge in [-0.25, -0.2) is 9.37 Å². The molecule has 1 unspecified atom stereocenters. The second kappa shape index (κ2) is 5.97. The van der Waals surface area contributed by atoms with Crippen molar-refractivity contribution in [2.75, 3.05) is 0 Å².